The van der Waals surface area contributed by atoms with Crippen LogP contribution >= 0.6 is 15.9 Å². The largest absolute Gasteiger partial charge is 0.548 e. The van der Waals surface area contributed by atoms with Crippen LogP contribution < -0.4 is 85.3 Å². The number of hydrogen-bond acceptors (Lipinski definition) is 28. The summed E-state index contributed by atoms with van der Waals surface area (Å²) in [6.45, 7) is -2.21. The molecule has 0 spiro atoms. The molecule has 3 aliphatic carbocycles. The van der Waals surface area contributed by atoms with Crippen LogP contribution in [0.1, 0.15) is 156 Å². The number of β-amino-alcohol motifs (C(OH)–C–C–N with tert-alkyl or cyclic N) is 1. The van der Waals surface area contributed by atoms with Crippen LogP contribution in [0.2, 0.25) is 0 Å². The van der Waals surface area contributed by atoms with Gasteiger partial charge in [0.1, 0.15) is 98.3 Å². The van der Waals surface area contributed by atoms with E-state index in [0.29, 0.717) is 44.1 Å². The summed E-state index contributed by atoms with van der Waals surface area (Å²) in [6.07, 6.45) is -8.02. The van der Waals surface area contributed by atoms with E-state index in [1.165, 1.54) is 17.9 Å². The number of carbonyl (C=O) groups is 15. The molecule has 4 bridgehead atoms. The Morgan fingerprint density at radius 3 is 1.77 bits per heavy atom. The number of hydrogen-bond donors (Lipinski definition) is 25. The minimum Gasteiger partial charge on any atom is -0.548 e. The van der Waals surface area contributed by atoms with Crippen LogP contribution in [-0.2, 0) is 76.7 Å². The SMILES string of the molecule is CC(C=CC1CCCCC1)=C[C@H](O)[C@@H]1CC(=O)N[C@@H](CO)C(=O)N[C@@H]2C[NH+]3CC(C[C@H](NC(=O)CCC[C@@H](C(=O)[O-])NC(=O)[C@H](O)CNC(=O)[C@H]([C@@H](C)C4CCC(Br)CC4)NC(=O)[C@H]([C@@H](O)C(N)=O)NC(=O)[C@H](CC(N)=O)NC2=O)C(=O)N[C@@H]([C@H](C)O)C(=O)N[C@@H](CO)C(=O)N[C@@H](CC2CCCCC2)C(=O)N1)N([C@@H]1O[C@H](CO)[C@H](O)[C@H](O)[C@H]1O)C3. The standard InChI is InChI=1S/C76H121BrN16O27/c1-35(17-18-38-11-6-4-7-12-38)23-51(98)44-27-56(102)82-49(31-94)69(112)87-48-30-92-29-42(93(34-92)75-63(106)62(105)60(103)53(33-96)120-75)25-46(66(109)90-58(37(3)97)73(116)88-50(32-95)70(113)85-45(65(108)84-44)24-39-13-8-5-9-14-39)81-55(101)16-10-15-43(76(118)119)83-71(114)52(99)28-80-72(115)57(36(2)40-19-21-41(77)22-20-40)89-74(117)59(61(104)64(79)107)91-67(110)47(26-54(78)100)86-68(48)111/h17-18,23,36-53,57-63,75,94-99,103-106H,4-16,19-22,24-34H2,1-3H3,(H2,78,100)(H2,79,107)(H,80,115)(H,81,101)(H,82,102)(H,83,114)(H,84,108)(H,85,113)(H,86,111)(H,87,112)(H,88,116)(H,89,117)(H,90,109)(H,91,110)(H,118,119)/t36-,37-,40?,41?,42?,43-,44-,45-,46-,47-,48+,49-,50-,51-,52+,53+,57-,58-,59-,60-,61+,62-,63+,75+/m0/s1. The first-order valence-corrected chi connectivity index (χ1v) is 42.0. The van der Waals surface area contributed by atoms with Crippen LogP contribution in [-0.4, -0.2) is 323 Å². The average Bonchev–Trinajstić information content (AvgIpc) is 1.61. The van der Waals surface area contributed by atoms with Crippen LogP contribution in [0.3, 0.4) is 0 Å². The Kier molecular flexibility index (Phi) is 38.8. The van der Waals surface area contributed by atoms with Crippen molar-refractivity contribution in [1.82, 2.24) is 68.7 Å². The van der Waals surface area contributed by atoms with Crippen LogP contribution in [0.15, 0.2) is 23.8 Å². The highest BCUT2D eigenvalue weighted by Gasteiger charge is 2.53. The molecule has 7 rings (SSSR count). The molecule has 120 heavy (non-hydrogen) atoms. The maximum atomic E-state index is 15.5. The lowest BCUT2D eigenvalue weighted by Crippen LogP contribution is -3.12. The first-order chi connectivity index (χ1) is 56.8. The summed E-state index contributed by atoms with van der Waals surface area (Å²) >= 11 is 3.57. The topological polar surface area (TPSA) is 695 Å². The summed E-state index contributed by atoms with van der Waals surface area (Å²) in [4.78, 5) is 217. The number of aliphatic carboxylic acids is 1. The first-order valence-electron chi connectivity index (χ1n) is 41.0. The molecule has 43 nitrogen and oxygen atoms in total. The van der Waals surface area contributed by atoms with Gasteiger partial charge < -0.3 is 146 Å². The second-order valence-electron chi connectivity index (χ2n) is 32.6. The van der Waals surface area contributed by atoms with Gasteiger partial charge in [0.15, 0.2) is 12.1 Å². The Balaban J connectivity index is 1.41. The predicted molar refractivity (Wildman–Crippen MR) is 419 cm³/mol. The van der Waals surface area contributed by atoms with Gasteiger partial charge in [0.25, 0.3) is 5.91 Å². The fraction of sp³-hybridized carbons (Fsp3) is 0.750. The zero-order valence-electron chi connectivity index (χ0n) is 67.4. The van der Waals surface area contributed by atoms with Gasteiger partial charge in [-0.1, -0.05) is 98.0 Å². The number of primary amides is 2. The van der Waals surface area contributed by atoms with E-state index in [9.17, 15) is 114 Å². The lowest BCUT2D eigenvalue weighted by atomic mass is 9.77. The Morgan fingerprint density at radius 2 is 1.16 bits per heavy atom. The number of aliphatic hydroxyl groups excluding tert-OH is 10. The molecule has 3 saturated carbocycles. The Morgan fingerprint density at radius 1 is 0.583 bits per heavy atom. The summed E-state index contributed by atoms with van der Waals surface area (Å²) in [7, 11) is 0. The zero-order valence-corrected chi connectivity index (χ0v) is 69.0. The Bertz CT molecular complexity index is 3640. The Hall–Kier alpha value is -8.51. The third kappa shape index (κ3) is 28.8. The molecule has 23 atom stereocenters. The summed E-state index contributed by atoms with van der Waals surface area (Å²) < 4.78 is 6.02. The van der Waals surface area contributed by atoms with Gasteiger partial charge >= 0.3 is 0 Å². The fourth-order valence-electron chi connectivity index (χ4n) is 16.4. The number of amides is 14. The van der Waals surface area contributed by atoms with Crippen LogP contribution in [0.4, 0.5) is 0 Å². The molecule has 674 valence electrons. The number of rotatable bonds is 18. The lowest BCUT2D eigenvalue weighted by molar-refractivity contribution is -0.893. The van der Waals surface area contributed by atoms with E-state index in [1.54, 1.807) is 13.0 Å². The number of halogens is 1. The lowest BCUT2D eigenvalue weighted by Gasteiger charge is -2.44. The van der Waals surface area contributed by atoms with Crippen LogP contribution in [0, 0.1) is 23.7 Å². The van der Waals surface area contributed by atoms with Gasteiger partial charge in [0.2, 0.25) is 76.8 Å². The van der Waals surface area contributed by atoms with Crippen LogP contribution in [0.25, 0.3) is 0 Å². The number of nitrogens with two attached hydrogens (primary N) is 2. The van der Waals surface area contributed by atoms with E-state index in [-0.39, 0.29) is 33.9 Å². The van der Waals surface area contributed by atoms with Crippen molar-refractivity contribution in [3.8, 4) is 0 Å². The predicted octanol–water partition coefficient (Wildman–Crippen LogP) is -12.1. The second-order valence-corrected chi connectivity index (χ2v) is 33.9. The molecule has 4 heterocycles. The second kappa shape index (κ2) is 47.2. The van der Waals surface area contributed by atoms with Gasteiger partial charge in [-0.2, -0.15) is 0 Å². The summed E-state index contributed by atoms with van der Waals surface area (Å²) in [6, 6.07) is -23.7. The third-order valence-electron chi connectivity index (χ3n) is 23.4. The first kappa shape index (κ1) is 98.6. The van der Waals surface area contributed by atoms with E-state index in [1.807, 2.05) is 6.08 Å². The molecule has 0 aromatic heterocycles. The molecule has 27 N–H and O–H groups in total. The zero-order chi connectivity index (χ0) is 88.5. The van der Waals surface area contributed by atoms with Crippen LogP contribution in [0.5, 0.6) is 0 Å². The number of carboxylic acid groups (broad SMARTS) is 1. The number of fused-ring (bicyclic) bond motifs is 2. The van der Waals surface area contributed by atoms with Crippen molar-refractivity contribution in [1.29, 1.82) is 0 Å². The fourth-order valence-corrected chi connectivity index (χ4v) is 16.9. The average molecular weight is 1770 g/mol. The van der Waals surface area contributed by atoms with Crippen molar-refractivity contribution in [2.75, 3.05) is 46.1 Å². The molecular formula is C76H121BrN16O27. The number of quaternary nitrogens is 1. The number of alkyl halides is 1. The highest BCUT2D eigenvalue weighted by molar-refractivity contribution is 9.09. The van der Waals surface area contributed by atoms with Crippen molar-refractivity contribution < 1.29 is 138 Å². The number of aliphatic hydroxyl groups is 10. The van der Waals surface area contributed by atoms with Crippen molar-refractivity contribution in [3.63, 3.8) is 0 Å². The maximum Gasteiger partial charge on any atom is 0.251 e. The molecule has 44 heteroatoms. The summed E-state index contributed by atoms with van der Waals surface area (Å²) in [5.74, 6) is -22.0. The molecular weight excluding hydrogens is 1650 g/mol. The summed E-state index contributed by atoms with van der Waals surface area (Å²) in [5.41, 5.74) is 11.7. The highest BCUT2D eigenvalue weighted by Crippen LogP contribution is 2.36. The maximum absolute atomic E-state index is 15.5. The van der Waals surface area contributed by atoms with Gasteiger partial charge in [-0.15, -0.1) is 0 Å². The normalized spacial score (nSPS) is 34.4. The number of carboxylic acids is 1. The quantitative estimate of drug-likeness (QED) is 0.0448. The third-order valence-corrected chi connectivity index (χ3v) is 24.3. The summed E-state index contributed by atoms with van der Waals surface area (Å²) in [5, 5.41) is 153. The van der Waals surface area contributed by atoms with Gasteiger partial charge in [-0.25, -0.2) is 4.90 Å². The number of carbonyl (C=O) groups excluding carboxylic acids is 15. The van der Waals surface area contributed by atoms with E-state index in [0.717, 1.165) is 58.3 Å². The highest BCUT2D eigenvalue weighted by atomic mass is 79.9. The molecule has 4 aliphatic heterocycles. The number of nitrogens with one attached hydrogen (secondary N) is 13. The molecule has 14 amide bonds. The van der Waals surface area contributed by atoms with Gasteiger partial charge in [0.05, 0.1) is 75.6 Å². The van der Waals surface area contributed by atoms with Crippen molar-refractivity contribution in [2.45, 2.75) is 288 Å². The molecule has 2 unspecified atom stereocenters. The minimum atomic E-state index is -2.71. The van der Waals surface area contributed by atoms with E-state index in [4.69, 9.17) is 16.2 Å². The molecule has 7 fully saturated rings. The van der Waals surface area contributed by atoms with E-state index in [2.05, 4.69) is 79.7 Å². The van der Waals surface area contributed by atoms with Crippen molar-refractivity contribution in [2.24, 2.45) is 35.1 Å². The number of allylic oxidation sites excluding steroid dienone is 3. The minimum absolute atomic E-state index is 0.0257. The number of nitrogens with zero attached hydrogens (tertiary/aromatic N) is 1. The monoisotopic (exact) mass is 1770 g/mol. The van der Waals surface area contributed by atoms with Gasteiger partial charge in [-0.3, -0.25) is 67.1 Å². The van der Waals surface area contributed by atoms with Gasteiger partial charge in [-0.05, 0) is 102 Å². The molecule has 0 aromatic rings. The number of ether oxygens (including phenoxy) is 1. The molecule has 0 aromatic carbocycles. The molecule has 7 aliphatic rings. The van der Waals surface area contributed by atoms with Crippen molar-refractivity contribution in [3.05, 3.63) is 23.8 Å². The molecule has 4 saturated heterocycles. The van der Waals surface area contributed by atoms with Crippen molar-refractivity contribution >= 4 is 105 Å². The smallest absolute Gasteiger partial charge is 0.251 e. The van der Waals surface area contributed by atoms with E-state index >= 15 is 14.4 Å². The van der Waals surface area contributed by atoms with Gasteiger partial charge in [0, 0.05) is 17.7 Å². The molecule has 0 radical (unpaired) electrons. The Labute approximate surface area is 701 Å². The van der Waals surface area contributed by atoms with E-state index < -0.39 is 307 Å².